The van der Waals surface area contributed by atoms with Crippen LogP contribution in [0.4, 0.5) is 5.82 Å². The van der Waals surface area contributed by atoms with E-state index in [1.165, 1.54) is 10.9 Å². The fraction of sp³-hybridized carbons (Fsp3) is 0.263. The van der Waals surface area contributed by atoms with Crippen LogP contribution in [0.25, 0.3) is 11.0 Å². The van der Waals surface area contributed by atoms with Crippen molar-refractivity contribution >= 4 is 28.7 Å². The third kappa shape index (κ3) is 2.79. The van der Waals surface area contributed by atoms with Gasteiger partial charge in [0.25, 0.3) is 0 Å². The van der Waals surface area contributed by atoms with Crippen LogP contribution >= 0.6 is 0 Å². The number of aromatic nitrogens is 2. The number of benzene rings is 1. The minimum Gasteiger partial charge on any atom is -0.480 e. The maximum absolute atomic E-state index is 13.1. The molecule has 1 aromatic carbocycles. The quantitative estimate of drug-likeness (QED) is 0.733. The van der Waals surface area contributed by atoms with E-state index in [0.29, 0.717) is 33.6 Å². The van der Waals surface area contributed by atoms with Crippen LogP contribution in [-0.2, 0) is 16.1 Å². The maximum atomic E-state index is 13.1. The minimum absolute atomic E-state index is 0.0642. The number of hydrogen-bond acceptors (Lipinski definition) is 5. The number of hydrogen-bond donors (Lipinski definition) is 2. The van der Waals surface area contributed by atoms with Gasteiger partial charge < -0.3 is 14.8 Å². The van der Waals surface area contributed by atoms with E-state index < -0.39 is 11.9 Å². The molecule has 1 amide bonds. The first kappa shape index (κ1) is 17.0. The van der Waals surface area contributed by atoms with Crippen molar-refractivity contribution in [2.24, 2.45) is 0 Å². The summed E-state index contributed by atoms with van der Waals surface area (Å²) in [4.78, 5) is 36.4. The van der Waals surface area contributed by atoms with E-state index >= 15 is 0 Å². The number of carboxylic acid groups (broad SMARTS) is 1. The highest BCUT2D eigenvalue weighted by molar-refractivity contribution is 5.95. The van der Waals surface area contributed by atoms with Gasteiger partial charge in [0, 0.05) is 23.5 Å². The zero-order valence-electron chi connectivity index (χ0n) is 14.8. The Balaban J connectivity index is 1.92. The fourth-order valence-corrected chi connectivity index (χ4v) is 3.62. The molecular weight excluding hydrogens is 350 g/mol. The van der Waals surface area contributed by atoms with Gasteiger partial charge >= 0.3 is 5.97 Å². The average molecular weight is 367 g/mol. The first-order valence-electron chi connectivity index (χ1n) is 8.46. The largest absolute Gasteiger partial charge is 0.480 e. The lowest BCUT2D eigenvalue weighted by Gasteiger charge is -2.23. The van der Waals surface area contributed by atoms with Crippen molar-refractivity contribution in [1.82, 2.24) is 9.78 Å². The number of fused-ring (bicyclic) bond motifs is 2. The molecule has 2 aromatic heterocycles. The Labute approximate surface area is 153 Å². The van der Waals surface area contributed by atoms with E-state index in [1.54, 1.807) is 19.1 Å². The highest BCUT2D eigenvalue weighted by Crippen LogP contribution is 2.38. The number of amides is 1. The molecule has 0 saturated carbocycles. The second kappa shape index (κ2) is 6.08. The van der Waals surface area contributed by atoms with Crippen LogP contribution in [0.1, 0.15) is 34.7 Å². The molecule has 138 valence electrons. The normalized spacial score (nSPS) is 16.2. The van der Waals surface area contributed by atoms with Crippen molar-refractivity contribution in [3.05, 3.63) is 57.1 Å². The highest BCUT2D eigenvalue weighted by Gasteiger charge is 2.34. The third-order valence-corrected chi connectivity index (χ3v) is 4.78. The lowest BCUT2D eigenvalue weighted by Crippen LogP contribution is -2.28. The standard InChI is InChI=1S/C19H17N3O5/c1-9-3-4-14-12(5-9)18(26)13(8-27-14)11-6-15(23)20-19-17(11)10(2)21-22(19)7-16(24)25/h3-5,8,11H,6-7H2,1-2H3,(H,20,23)(H,24,25). The predicted molar refractivity (Wildman–Crippen MR) is 96.9 cm³/mol. The molecule has 8 nitrogen and oxygen atoms in total. The molecule has 0 fully saturated rings. The van der Waals surface area contributed by atoms with E-state index in [2.05, 4.69) is 10.4 Å². The predicted octanol–water partition coefficient (Wildman–Crippen LogP) is 2.17. The number of nitrogens with one attached hydrogen (secondary N) is 1. The fourth-order valence-electron chi connectivity index (χ4n) is 3.62. The van der Waals surface area contributed by atoms with E-state index in [9.17, 15) is 14.4 Å². The Morgan fingerprint density at radius 1 is 1.37 bits per heavy atom. The van der Waals surface area contributed by atoms with Crippen LogP contribution in [0.2, 0.25) is 0 Å². The van der Waals surface area contributed by atoms with Gasteiger partial charge in [0.15, 0.2) is 5.43 Å². The molecule has 1 aliphatic rings. The van der Waals surface area contributed by atoms with E-state index in [1.807, 2.05) is 13.0 Å². The molecule has 2 N–H and O–H groups in total. The third-order valence-electron chi connectivity index (χ3n) is 4.78. The van der Waals surface area contributed by atoms with Crippen LogP contribution < -0.4 is 10.7 Å². The van der Waals surface area contributed by atoms with Crippen LogP contribution in [0, 0.1) is 13.8 Å². The van der Waals surface area contributed by atoms with Crippen LogP contribution in [0.15, 0.2) is 33.7 Å². The number of aliphatic carboxylic acids is 1. The van der Waals surface area contributed by atoms with Crippen LogP contribution in [0.3, 0.4) is 0 Å². The Kier molecular flexibility index (Phi) is 3.83. The summed E-state index contributed by atoms with van der Waals surface area (Å²) < 4.78 is 6.88. The Morgan fingerprint density at radius 3 is 2.89 bits per heavy atom. The van der Waals surface area contributed by atoms with Crippen molar-refractivity contribution in [2.75, 3.05) is 5.32 Å². The molecule has 1 atom stereocenters. The topological polar surface area (TPSA) is 114 Å². The summed E-state index contributed by atoms with van der Waals surface area (Å²) in [7, 11) is 0. The van der Waals surface area contributed by atoms with Gasteiger partial charge in [0.1, 0.15) is 17.9 Å². The number of carbonyl (C=O) groups is 2. The first-order valence-corrected chi connectivity index (χ1v) is 8.46. The molecule has 8 heteroatoms. The number of carboxylic acids is 1. The molecule has 0 aliphatic carbocycles. The van der Waals surface area contributed by atoms with Crippen LogP contribution in [-0.4, -0.2) is 26.8 Å². The SMILES string of the molecule is Cc1ccc2occ(C3CC(=O)Nc4c3c(C)nn4CC(=O)O)c(=O)c2c1. The summed E-state index contributed by atoms with van der Waals surface area (Å²) in [5.41, 5.74) is 2.79. The van der Waals surface area contributed by atoms with E-state index in [-0.39, 0.29) is 24.3 Å². The molecule has 1 aliphatic heterocycles. The lowest BCUT2D eigenvalue weighted by atomic mass is 9.86. The smallest absolute Gasteiger partial charge is 0.325 e. The van der Waals surface area contributed by atoms with Crippen LogP contribution in [0.5, 0.6) is 0 Å². The molecule has 0 saturated heterocycles. The summed E-state index contributed by atoms with van der Waals surface area (Å²) in [6.45, 7) is 3.24. The molecular formula is C19H17N3O5. The number of anilines is 1. The van der Waals surface area contributed by atoms with Gasteiger partial charge in [-0.2, -0.15) is 5.10 Å². The highest BCUT2D eigenvalue weighted by atomic mass is 16.4. The number of carbonyl (C=O) groups excluding carboxylic acids is 1. The second-order valence-electron chi connectivity index (χ2n) is 6.72. The van der Waals surface area contributed by atoms with E-state index in [0.717, 1.165) is 5.56 Å². The van der Waals surface area contributed by atoms with Gasteiger partial charge in [-0.05, 0) is 26.0 Å². The Hall–Kier alpha value is -3.42. The van der Waals surface area contributed by atoms with Gasteiger partial charge in [0.05, 0.1) is 17.3 Å². The maximum Gasteiger partial charge on any atom is 0.325 e. The Morgan fingerprint density at radius 2 is 2.15 bits per heavy atom. The average Bonchev–Trinajstić information content (AvgIpc) is 2.90. The number of nitrogens with zero attached hydrogens (tertiary/aromatic N) is 2. The minimum atomic E-state index is -1.07. The van der Waals surface area contributed by atoms with Gasteiger partial charge in [-0.1, -0.05) is 11.6 Å². The van der Waals surface area contributed by atoms with E-state index in [4.69, 9.17) is 9.52 Å². The molecule has 1 unspecified atom stereocenters. The summed E-state index contributed by atoms with van der Waals surface area (Å²) in [5, 5.41) is 16.5. The van der Waals surface area contributed by atoms with Crippen molar-refractivity contribution < 1.29 is 19.1 Å². The summed E-state index contributed by atoms with van der Waals surface area (Å²) >= 11 is 0. The monoisotopic (exact) mass is 367 g/mol. The Bertz CT molecular complexity index is 1160. The van der Waals surface area contributed by atoms with Crippen molar-refractivity contribution in [3.63, 3.8) is 0 Å². The molecule has 3 aromatic rings. The van der Waals surface area contributed by atoms with Gasteiger partial charge in [0.2, 0.25) is 5.91 Å². The molecule has 3 heterocycles. The molecule has 0 radical (unpaired) electrons. The number of rotatable bonds is 3. The zero-order valence-corrected chi connectivity index (χ0v) is 14.8. The second-order valence-corrected chi connectivity index (χ2v) is 6.72. The van der Waals surface area contributed by atoms with Gasteiger partial charge in [-0.25, -0.2) is 4.68 Å². The summed E-state index contributed by atoms with van der Waals surface area (Å²) in [5.74, 6) is -1.60. The zero-order chi connectivity index (χ0) is 19.3. The van der Waals surface area contributed by atoms with Crippen molar-refractivity contribution in [3.8, 4) is 0 Å². The number of aryl methyl sites for hydroxylation is 2. The molecule has 0 bridgehead atoms. The molecule has 4 rings (SSSR count). The molecule has 27 heavy (non-hydrogen) atoms. The first-order chi connectivity index (χ1) is 12.8. The molecule has 0 spiro atoms. The van der Waals surface area contributed by atoms with Crippen molar-refractivity contribution in [2.45, 2.75) is 32.7 Å². The van der Waals surface area contributed by atoms with Gasteiger partial charge in [-0.3, -0.25) is 14.4 Å². The van der Waals surface area contributed by atoms with Crippen molar-refractivity contribution in [1.29, 1.82) is 0 Å². The summed E-state index contributed by atoms with van der Waals surface area (Å²) in [6.07, 6.45) is 1.45. The summed E-state index contributed by atoms with van der Waals surface area (Å²) in [6, 6.07) is 5.36. The van der Waals surface area contributed by atoms with Gasteiger partial charge in [-0.15, -0.1) is 0 Å². The lowest BCUT2D eigenvalue weighted by molar-refractivity contribution is -0.137.